The minimum Gasteiger partial charge on any atom is -0.339 e. The standard InChI is InChI=1S/C20H16N2/c1-14-12-17-18(15-8-4-2-5-9-15)19(22-20(17)21-13-14)16-10-6-3-7-11-16/h2-13H,1H3,(H,21,22). The van der Waals surface area contributed by atoms with Crippen molar-refractivity contribution in [3.63, 3.8) is 0 Å². The molecule has 2 heteroatoms. The Bertz CT molecular complexity index is 922. The number of aromatic amines is 1. The van der Waals surface area contributed by atoms with Gasteiger partial charge < -0.3 is 4.98 Å². The predicted octanol–water partition coefficient (Wildman–Crippen LogP) is 5.21. The summed E-state index contributed by atoms with van der Waals surface area (Å²) in [7, 11) is 0. The molecule has 22 heavy (non-hydrogen) atoms. The lowest BCUT2D eigenvalue weighted by Crippen LogP contribution is -1.82. The number of aromatic nitrogens is 2. The molecule has 0 fully saturated rings. The van der Waals surface area contributed by atoms with Crippen LogP contribution in [0.15, 0.2) is 72.9 Å². The summed E-state index contributed by atoms with van der Waals surface area (Å²) >= 11 is 0. The molecule has 0 amide bonds. The highest BCUT2D eigenvalue weighted by molar-refractivity contribution is 6.02. The monoisotopic (exact) mass is 284 g/mol. The number of hydrogen-bond donors (Lipinski definition) is 1. The van der Waals surface area contributed by atoms with E-state index < -0.39 is 0 Å². The van der Waals surface area contributed by atoms with Crippen molar-refractivity contribution in [3.05, 3.63) is 78.5 Å². The van der Waals surface area contributed by atoms with E-state index in [9.17, 15) is 0 Å². The molecule has 2 aromatic heterocycles. The third kappa shape index (κ3) is 2.09. The zero-order valence-electron chi connectivity index (χ0n) is 12.4. The Hall–Kier alpha value is -2.87. The summed E-state index contributed by atoms with van der Waals surface area (Å²) in [4.78, 5) is 8.05. The molecule has 0 bridgehead atoms. The molecule has 0 aliphatic carbocycles. The summed E-state index contributed by atoms with van der Waals surface area (Å²) in [6, 6.07) is 23.1. The number of rotatable bonds is 2. The molecule has 106 valence electrons. The van der Waals surface area contributed by atoms with Crippen molar-refractivity contribution in [2.75, 3.05) is 0 Å². The van der Waals surface area contributed by atoms with Crippen LogP contribution in [0.25, 0.3) is 33.4 Å². The van der Waals surface area contributed by atoms with Crippen LogP contribution in [0.5, 0.6) is 0 Å². The molecule has 4 aromatic rings. The second-order valence-corrected chi connectivity index (χ2v) is 5.52. The molecule has 4 rings (SSSR count). The molecule has 0 radical (unpaired) electrons. The number of hydrogen-bond acceptors (Lipinski definition) is 1. The quantitative estimate of drug-likeness (QED) is 0.538. The lowest BCUT2D eigenvalue weighted by atomic mass is 9.98. The van der Waals surface area contributed by atoms with Crippen LogP contribution in [0.2, 0.25) is 0 Å². The summed E-state index contributed by atoms with van der Waals surface area (Å²) in [6.07, 6.45) is 1.91. The Kier molecular flexibility index (Phi) is 3.01. The Morgan fingerprint density at radius 2 is 1.45 bits per heavy atom. The van der Waals surface area contributed by atoms with Crippen molar-refractivity contribution in [3.8, 4) is 22.4 Å². The van der Waals surface area contributed by atoms with Gasteiger partial charge in [-0.1, -0.05) is 60.7 Å². The van der Waals surface area contributed by atoms with Crippen molar-refractivity contribution >= 4 is 11.0 Å². The molecular formula is C20H16N2. The Labute approximate surface area is 129 Å². The maximum Gasteiger partial charge on any atom is 0.138 e. The van der Waals surface area contributed by atoms with Gasteiger partial charge in [-0.15, -0.1) is 0 Å². The summed E-state index contributed by atoms with van der Waals surface area (Å²) in [5, 5.41) is 1.17. The van der Waals surface area contributed by atoms with Gasteiger partial charge in [-0.05, 0) is 29.7 Å². The predicted molar refractivity (Wildman–Crippen MR) is 91.7 cm³/mol. The molecule has 1 N–H and O–H groups in total. The first kappa shape index (κ1) is 12.8. The average molecular weight is 284 g/mol. The Morgan fingerprint density at radius 3 is 2.14 bits per heavy atom. The van der Waals surface area contributed by atoms with Crippen molar-refractivity contribution in [1.82, 2.24) is 9.97 Å². The number of pyridine rings is 1. The fourth-order valence-corrected chi connectivity index (χ4v) is 2.90. The highest BCUT2D eigenvalue weighted by Crippen LogP contribution is 2.37. The molecule has 0 saturated heterocycles. The zero-order chi connectivity index (χ0) is 14.9. The van der Waals surface area contributed by atoms with Crippen LogP contribution in [-0.4, -0.2) is 9.97 Å². The van der Waals surface area contributed by atoms with Gasteiger partial charge in [0.05, 0.1) is 5.69 Å². The first-order valence-corrected chi connectivity index (χ1v) is 7.42. The molecule has 2 nitrogen and oxygen atoms in total. The van der Waals surface area contributed by atoms with Crippen LogP contribution in [-0.2, 0) is 0 Å². The van der Waals surface area contributed by atoms with Crippen LogP contribution in [0.3, 0.4) is 0 Å². The third-order valence-corrected chi connectivity index (χ3v) is 3.91. The van der Waals surface area contributed by atoms with Gasteiger partial charge in [-0.3, -0.25) is 0 Å². The van der Waals surface area contributed by atoms with Gasteiger partial charge in [0.1, 0.15) is 5.65 Å². The van der Waals surface area contributed by atoms with E-state index in [1.807, 2.05) is 18.3 Å². The number of benzene rings is 2. The van der Waals surface area contributed by atoms with Crippen molar-refractivity contribution in [2.24, 2.45) is 0 Å². The largest absolute Gasteiger partial charge is 0.339 e. The normalized spacial score (nSPS) is 11.0. The van der Waals surface area contributed by atoms with Gasteiger partial charge in [0, 0.05) is 17.1 Å². The maximum atomic E-state index is 4.56. The fourth-order valence-electron chi connectivity index (χ4n) is 2.90. The molecule has 0 aliphatic heterocycles. The molecule has 0 atom stereocenters. The van der Waals surface area contributed by atoms with Gasteiger partial charge in [-0.2, -0.15) is 0 Å². The lowest BCUT2D eigenvalue weighted by Gasteiger charge is -2.05. The zero-order valence-corrected chi connectivity index (χ0v) is 12.4. The summed E-state index contributed by atoms with van der Waals surface area (Å²) < 4.78 is 0. The maximum absolute atomic E-state index is 4.56. The SMILES string of the molecule is Cc1cnc2[nH]c(-c3ccccc3)c(-c3ccccc3)c2c1. The van der Waals surface area contributed by atoms with Crippen LogP contribution in [0.1, 0.15) is 5.56 Å². The molecule has 0 saturated carbocycles. The van der Waals surface area contributed by atoms with Gasteiger partial charge >= 0.3 is 0 Å². The number of nitrogens with zero attached hydrogens (tertiary/aromatic N) is 1. The highest BCUT2D eigenvalue weighted by atomic mass is 14.9. The van der Waals surface area contributed by atoms with Gasteiger partial charge in [0.25, 0.3) is 0 Å². The highest BCUT2D eigenvalue weighted by Gasteiger charge is 2.15. The molecular weight excluding hydrogens is 268 g/mol. The molecule has 2 heterocycles. The smallest absolute Gasteiger partial charge is 0.138 e. The van der Waals surface area contributed by atoms with Crippen LogP contribution in [0.4, 0.5) is 0 Å². The summed E-state index contributed by atoms with van der Waals surface area (Å²) in [5.41, 5.74) is 6.83. The Balaban J connectivity index is 2.08. The van der Waals surface area contributed by atoms with Gasteiger partial charge in [0.2, 0.25) is 0 Å². The van der Waals surface area contributed by atoms with Crippen molar-refractivity contribution < 1.29 is 0 Å². The minimum absolute atomic E-state index is 0.934. The second-order valence-electron chi connectivity index (χ2n) is 5.52. The number of nitrogens with one attached hydrogen (secondary N) is 1. The summed E-state index contributed by atoms with van der Waals surface area (Å²) in [6.45, 7) is 2.08. The van der Waals surface area contributed by atoms with Crippen LogP contribution >= 0.6 is 0 Å². The molecule has 0 spiro atoms. The van der Waals surface area contributed by atoms with E-state index >= 15 is 0 Å². The van der Waals surface area contributed by atoms with Crippen LogP contribution < -0.4 is 0 Å². The van der Waals surface area contributed by atoms with Gasteiger partial charge in [0.15, 0.2) is 0 Å². The average Bonchev–Trinajstić information content (AvgIpc) is 2.95. The number of fused-ring (bicyclic) bond motifs is 1. The summed E-state index contributed by atoms with van der Waals surface area (Å²) in [5.74, 6) is 0. The van der Waals surface area contributed by atoms with Crippen molar-refractivity contribution in [1.29, 1.82) is 0 Å². The molecule has 0 aliphatic rings. The Morgan fingerprint density at radius 1 is 0.818 bits per heavy atom. The molecule has 0 unspecified atom stereocenters. The van der Waals surface area contributed by atoms with E-state index in [1.165, 1.54) is 27.6 Å². The number of H-pyrrole nitrogens is 1. The first-order chi connectivity index (χ1) is 10.8. The lowest BCUT2D eigenvalue weighted by molar-refractivity contribution is 1.29. The third-order valence-electron chi connectivity index (χ3n) is 3.91. The van der Waals surface area contributed by atoms with E-state index in [0.717, 1.165) is 11.3 Å². The fraction of sp³-hybridized carbons (Fsp3) is 0.0500. The van der Waals surface area contributed by atoms with E-state index in [4.69, 9.17) is 0 Å². The van der Waals surface area contributed by atoms with E-state index in [1.54, 1.807) is 0 Å². The number of aryl methyl sites for hydroxylation is 1. The minimum atomic E-state index is 0.934. The van der Waals surface area contributed by atoms with Gasteiger partial charge in [-0.25, -0.2) is 4.98 Å². The first-order valence-electron chi connectivity index (χ1n) is 7.42. The van der Waals surface area contributed by atoms with E-state index in [-0.39, 0.29) is 0 Å². The topological polar surface area (TPSA) is 28.7 Å². The molecule has 2 aromatic carbocycles. The second kappa shape index (κ2) is 5.15. The van der Waals surface area contributed by atoms with Crippen LogP contribution in [0, 0.1) is 6.92 Å². The van der Waals surface area contributed by atoms with Crippen molar-refractivity contribution in [2.45, 2.75) is 6.92 Å². The van der Waals surface area contributed by atoms with E-state index in [2.05, 4.69) is 71.5 Å². The van der Waals surface area contributed by atoms with E-state index in [0.29, 0.717) is 0 Å².